The highest BCUT2D eigenvalue weighted by Gasteiger charge is 2.24. The van der Waals surface area contributed by atoms with Crippen molar-refractivity contribution in [1.29, 1.82) is 5.26 Å². The molecule has 2 aromatic carbocycles. The number of halogens is 1. The van der Waals surface area contributed by atoms with Gasteiger partial charge in [-0.05, 0) is 54.5 Å². The second-order valence-corrected chi connectivity index (χ2v) is 10.6. The summed E-state index contributed by atoms with van der Waals surface area (Å²) >= 11 is 1.84. The van der Waals surface area contributed by atoms with Gasteiger partial charge in [0.05, 0.1) is 11.6 Å². The predicted octanol–water partition coefficient (Wildman–Crippen LogP) is 6.83. The maximum atomic E-state index is 14.6. The fourth-order valence-electron chi connectivity index (χ4n) is 3.82. The number of fused-ring (bicyclic) bond motifs is 1. The molecule has 0 amide bonds. The van der Waals surface area contributed by atoms with E-state index in [2.05, 4.69) is 55.3 Å². The molecule has 0 aliphatic heterocycles. The third kappa shape index (κ3) is 4.40. The highest BCUT2D eigenvalue weighted by Crippen LogP contribution is 2.37. The molecule has 3 nitrogen and oxygen atoms in total. The molecule has 5 heteroatoms. The molecule has 0 radical (unpaired) electrons. The second-order valence-electron chi connectivity index (χ2n) is 9.44. The number of benzene rings is 2. The summed E-state index contributed by atoms with van der Waals surface area (Å²) in [6.45, 7) is 9.72. The zero-order valence-electron chi connectivity index (χ0n) is 18.0. The Hall–Kier alpha value is -2.29. The summed E-state index contributed by atoms with van der Waals surface area (Å²) in [5, 5.41) is 11.4. The van der Waals surface area contributed by atoms with Gasteiger partial charge in [0.2, 0.25) is 0 Å². The molecule has 156 valence electrons. The van der Waals surface area contributed by atoms with Gasteiger partial charge in [-0.2, -0.15) is 5.26 Å². The molecule has 0 bridgehead atoms. The lowest BCUT2D eigenvalue weighted by molar-refractivity contribution is 0.349. The van der Waals surface area contributed by atoms with E-state index in [1.54, 1.807) is 12.1 Å². The first-order chi connectivity index (χ1) is 14.3. The molecule has 3 aromatic rings. The summed E-state index contributed by atoms with van der Waals surface area (Å²) in [6, 6.07) is 13.1. The molecule has 1 aromatic heterocycles. The second kappa shape index (κ2) is 8.09. The number of nitrogens with zero attached hydrogens (tertiary/aromatic N) is 2. The van der Waals surface area contributed by atoms with Gasteiger partial charge in [-0.1, -0.05) is 50.9 Å². The fraction of sp³-hybridized carbons (Fsp3) is 0.400. The van der Waals surface area contributed by atoms with Crippen LogP contribution in [0.15, 0.2) is 42.6 Å². The molecule has 1 aliphatic rings. The molecule has 1 heterocycles. The summed E-state index contributed by atoms with van der Waals surface area (Å²) in [7, 11) is 0. The molecule has 30 heavy (non-hydrogen) atoms. The molecule has 1 fully saturated rings. The molecule has 1 saturated carbocycles. The van der Waals surface area contributed by atoms with Gasteiger partial charge in [-0.15, -0.1) is 0 Å². The SMILES string of the molecule is CC(NSC1CC1)c1cn(CC(C)(C)C)c2cc(-c3c(F)cccc3C#N)ccc12. The topological polar surface area (TPSA) is 40.8 Å². The van der Waals surface area contributed by atoms with Crippen LogP contribution in [0.1, 0.15) is 57.7 Å². The van der Waals surface area contributed by atoms with Crippen molar-refractivity contribution < 1.29 is 4.39 Å². The largest absolute Gasteiger partial charge is 0.347 e. The molecular weight excluding hydrogens is 393 g/mol. The van der Waals surface area contributed by atoms with E-state index in [1.165, 1.54) is 29.9 Å². The average Bonchev–Trinajstić information content (AvgIpc) is 3.46. The van der Waals surface area contributed by atoms with Crippen molar-refractivity contribution in [3.63, 3.8) is 0 Å². The van der Waals surface area contributed by atoms with Crippen LogP contribution in [-0.2, 0) is 6.54 Å². The molecule has 4 rings (SSSR count). The number of nitriles is 1. The first-order valence-corrected chi connectivity index (χ1v) is 11.4. The Morgan fingerprint density at radius 2 is 2.03 bits per heavy atom. The number of nitrogens with one attached hydrogen (secondary N) is 1. The molecule has 1 atom stereocenters. The first kappa shape index (κ1) is 21.0. The lowest BCUT2D eigenvalue weighted by Crippen LogP contribution is -2.15. The van der Waals surface area contributed by atoms with Crippen LogP contribution in [-0.4, -0.2) is 9.82 Å². The van der Waals surface area contributed by atoms with Crippen LogP contribution in [0.2, 0.25) is 0 Å². The van der Waals surface area contributed by atoms with Crippen molar-refractivity contribution in [2.75, 3.05) is 0 Å². The van der Waals surface area contributed by atoms with Gasteiger partial charge in [0.15, 0.2) is 0 Å². The van der Waals surface area contributed by atoms with Crippen molar-refractivity contribution in [3.8, 4) is 17.2 Å². The summed E-state index contributed by atoms with van der Waals surface area (Å²) < 4.78 is 20.5. The molecule has 0 saturated heterocycles. The standard InChI is InChI=1S/C25H28FN3S/c1-16(28-30-19-9-10-19)21-14-29(15-25(2,3)4)23-12-17(8-11-20(21)23)24-18(13-27)6-5-7-22(24)26/h5-8,11-12,14,16,19,28H,9-10,15H2,1-4H3. The van der Waals surface area contributed by atoms with E-state index < -0.39 is 0 Å². The first-order valence-electron chi connectivity index (χ1n) is 10.5. The third-order valence-electron chi connectivity index (χ3n) is 5.38. The Kier molecular flexibility index (Phi) is 5.65. The van der Waals surface area contributed by atoms with Gasteiger partial charge in [-0.3, -0.25) is 4.72 Å². The molecular formula is C25H28FN3S. The Morgan fingerprint density at radius 1 is 1.27 bits per heavy atom. The summed E-state index contributed by atoms with van der Waals surface area (Å²) in [6.07, 6.45) is 4.82. The van der Waals surface area contributed by atoms with Gasteiger partial charge >= 0.3 is 0 Å². The number of rotatable bonds is 6. The maximum Gasteiger partial charge on any atom is 0.132 e. The zero-order chi connectivity index (χ0) is 21.5. The maximum absolute atomic E-state index is 14.6. The van der Waals surface area contributed by atoms with Gasteiger partial charge in [0.1, 0.15) is 5.82 Å². The van der Waals surface area contributed by atoms with Crippen LogP contribution in [0.25, 0.3) is 22.0 Å². The number of hydrogen-bond donors (Lipinski definition) is 1. The Bertz CT molecular complexity index is 1120. The van der Waals surface area contributed by atoms with Crippen molar-refractivity contribution in [2.45, 2.75) is 58.4 Å². The minimum atomic E-state index is -0.363. The Balaban J connectivity index is 1.81. The van der Waals surface area contributed by atoms with Crippen LogP contribution in [0.4, 0.5) is 4.39 Å². The Labute approximate surface area is 182 Å². The molecule has 1 unspecified atom stereocenters. The minimum absolute atomic E-state index is 0.106. The lowest BCUT2D eigenvalue weighted by Gasteiger charge is -2.20. The van der Waals surface area contributed by atoms with Gasteiger partial charge in [0, 0.05) is 40.5 Å². The monoisotopic (exact) mass is 421 g/mol. The van der Waals surface area contributed by atoms with Gasteiger partial charge in [0.25, 0.3) is 0 Å². The van der Waals surface area contributed by atoms with Crippen LogP contribution < -0.4 is 4.72 Å². The number of aromatic nitrogens is 1. The number of hydrogen-bond acceptors (Lipinski definition) is 3. The van der Waals surface area contributed by atoms with Gasteiger partial charge in [-0.25, -0.2) is 4.39 Å². The van der Waals surface area contributed by atoms with E-state index in [1.807, 2.05) is 24.1 Å². The smallest absolute Gasteiger partial charge is 0.132 e. The highest BCUT2D eigenvalue weighted by molar-refractivity contribution is 7.98. The van der Waals surface area contributed by atoms with Gasteiger partial charge < -0.3 is 4.57 Å². The lowest BCUT2D eigenvalue weighted by atomic mass is 9.96. The molecule has 1 N–H and O–H groups in total. The fourth-order valence-corrected chi connectivity index (χ4v) is 4.72. The van der Waals surface area contributed by atoms with E-state index in [9.17, 15) is 9.65 Å². The zero-order valence-corrected chi connectivity index (χ0v) is 18.8. The predicted molar refractivity (Wildman–Crippen MR) is 124 cm³/mol. The molecule has 1 aliphatic carbocycles. The van der Waals surface area contributed by atoms with E-state index >= 15 is 0 Å². The molecule has 0 spiro atoms. The van der Waals surface area contributed by atoms with E-state index in [-0.39, 0.29) is 17.3 Å². The van der Waals surface area contributed by atoms with E-state index in [0.29, 0.717) is 11.1 Å². The van der Waals surface area contributed by atoms with Crippen molar-refractivity contribution >= 4 is 22.9 Å². The minimum Gasteiger partial charge on any atom is -0.347 e. The van der Waals surface area contributed by atoms with Crippen molar-refractivity contribution in [3.05, 3.63) is 59.5 Å². The quantitative estimate of drug-likeness (QED) is 0.444. The summed E-state index contributed by atoms with van der Waals surface area (Å²) in [4.78, 5) is 0. The normalized spacial score (nSPS) is 15.3. The van der Waals surface area contributed by atoms with Crippen LogP contribution in [0, 0.1) is 22.6 Å². The third-order valence-corrected chi connectivity index (χ3v) is 6.68. The van der Waals surface area contributed by atoms with Crippen LogP contribution in [0.5, 0.6) is 0 Å². The summed E-state index contributed by atoms with van der Waals surface area (Å²) in [5.41, 5.74) is 3.92. The summed E-state index contributed by atoms with van der Waals surface area (Å²) in [5.74, 6) is -0.363. The van der Waals surface area contributed by atoms with Crippen LogP contribution >= 0.6 is 11.9 Å². The van der Waals surface area contributed by atoms with Crippen molar-refractivity contribution in [2.24, 2.45) is 5.41 Å². The van der Waals surface area contributed by atoms with E-state index in [4.69, 9.17) is 0 Å². The van der Waals surface area contributed by atoms with E-state index in [0.717, 1.165) is 22.9 Å². The Morgan fingerprint density at radius 3 is 2.70 bits per heavy atom. The average molecular weight is 422 g/mol. The van der Waals surface area contributed by atoms with Crippen LogP contribution in [0.3, 0.4) is 0 Å². The van der Waals surface area contributed by atoms with Crippen molar-refractivity contribution in [1.82, 2.24) is 9.29 Å². The highest BCUT2D eigenvalue weighted by atomic mass is 32.2.